The van der Waals surface area contributed by atoms with Gasteiger partial charge in [0.25, 0.3) is 8.32 Å². The molecule has 1 N–H and O–H groups in total. The van der Waals surface area contributed by atoms with E-state index >= 15 is 0 Å². The third-order valence-electron chi connectivity index (χ3n) is 6.84. The molecule has 30 heavy (non-hydrogen) atoms. The van der Waals surface area contributed by atoms with Crippen LogP contribution in [0.2, 0.25) is 5.04 Å². The van der Waals surface area contributed by atoms with Gasteiger partial charge in [0, 0.05) is 6.42 Å². The number of carbonyl (C=O) groups excluding carboxylic acids is 1. The minimum absolute atomic E-state index is 0.0408. The summed E-state index contributed by atoms with van der Waals surface area (Å²) in [5.41, 5.74) is 0. The first-order chi connectivity index (χ1) is 14.3. The summed E-state index contributed by atoms with van der Waals surface area (Å²) < 4.78 is 7.05. The number of aliphatic hydroxyl groups excluding tert-OH is 1. The summed E-state index contributed by atoms with van der Waals surface area (Å²) in [6, 6.07) is 21.2. The van der Waals surface area contributed by atoms with E-state index in [4.69, 9.17) is 4.43 Å². The van der Waals surface area contributed by atoms with Crippen molar-refractivity contribution in [3.8, 4) is 0 Å². The molecule has 5 heteroatoms. The fraction of sp³-hybridized carbons (Fsp3) is 0.480. The van der Waals surface area contributed by atoms with Crippen molar-refractivity contribution in [2.45, 2.75) is 69.7 Å². The Morgan fingerprint density at radius 3 is 2.07 bits per heavy atom. The average Bonchev–Trinajstić information content (AvgIpc) is 3.17. The van der Waals surface area contributed by atoms with E-state index in [9.17, 15) is 9.90 Å². The number of fused-ring (bicyclic) bond motifs is 1. The Kier molecular flexibility index (Phi) is 5.88. The van der Waals surface area contributed by atoms with Crippen LogP contribution in [0.15, 0.2) is 60.7 Å². The van der Waals surface area contributed by atoms with E-state index in [0.29, 0.717) is 19.4 Å². The van der Waals surface area contributed by atoms with Crippen LogP contribution < -0.4 is 10.4 Å². The van der Waals surface area contributed by atoms with Crippen LogP contribution in [-0.2, 0) is 9.22 Å². The summed E-state index contributed by atoms with van der Waals surface area (Å²) in [4.78, 5) is 14.6. The van der Waals surface area contributed by atoms with E-state index in [-0.39, 0.29) is 23.0 Å². The molecule has 4 rings (SSSR count). The van der Waals surface area contributed by atoms with Gasteiger partial charge in [-0.05, 0) is 34.7 Å². The lowest BCUT2D eigenvalue weighted by molar-refractivity contribution is -0.142. The van der Waals surface area contributed by atoms with E-state index < -0.39 is 14.4 Å². The molecule has 0 bridgehead atoms. The molecule has 4 nitrogen and oxygen atoms in total. The minimum atomic E-state index is -2.61. The van der Waals surface area contributed by atoms with Crippen LogP contribution in [0.3, 0.4) is 0 Å². The van der Waals surface area contributed by atoms with E-state index in [1.165, 1.54) is 10.4 Å². The molecular weight excluding hydrogens is 390 g/mol. The van der Waals surface area contributed by atoms with Crippen molar-refractivity contribution < 1.29 is 14.3 Å². The molecule has 0 aliphatic carbocycles. The van der Waals surface area contributed by atoms with Gasteiger partial charge in [-0.2, -0.15) is 0 Å². The summed E-state index contributed by atoms with van der Waals surface area (Å²) in [6.07, 6.45) is 2.38. The van der Waals surface area contributed by atoms with Gasteiger partial charge in [-0.15, -0.1) is 0 Å². The van der Waals surface area contributed by atoms with Crippen molar-refractivity contribution in [1.82, 2.24) is 4.90 Å². The summed E-state index contributed by atoms with van der Waals surface area (Å²) in [5, 5.41) is 12.8. The summed E-state index contributed by atoms with van der Waals surface area (Å²) in [5.74, 6) is 0.166. The molecule has 0 radical (unpaired) electrons. The molecule has 1 amide bonds. The zero-order chi connectivity index (χ0) is 21.4. The lowest BCUT2D eigenvalue weighted by atomic mass is 9.99. The number of amides is 1. The fourth-order valence-corrected chi connectivity index (χ4v) is 10.0. The zero-order valence-corrected chi connectivity index (χ0v) is 19.3. The monoisotopic (exact) mass is 423 g/mol. The average molecular weight is 424 g/mol. The number of hydrogen-bond donors (Lipinski definition) is 1. The second-order valence-corrected chi connectivity index (χ2v) is 14.0. The van der Waals surface area contributed by atoms with Gasteiger partial charge in [-0.25, -0.2) is 0 Å². The quantitative estimate of drug-likeness (QED) is 0.752. The molecular formula is C25H33NO3Si. The molecule has 2 aliphatic rings. The van der Waals surface area contributed by atoms with Gasteiger partial charge in [-0.1, -0.05) is 81.4 Å². The van der Waals surface area contributed by atoms with E-state index in [1.807, 2.05) is 17.0 Å². The first-order valence-corrected chi connectivity index (χ1v) is 13.0. The second-order valence-electron chi connectivity index (χ2n) is 9.68. The maximum Gasteiger partial charge on any atom is 0.261 e. The molecule has 0 aromatic heterocycles. The van der Waals surface area contributed by atoms with Crippen LogP contribution in [-0.4, -0.2) is 49.0 Å². The third kappa shape index (κ3) is 3.64. The van der Waals surface area contributed by atoms with Gasteiger partial charge in [0.1, 0.15) is 0 Å². The van der Waals surface area contributed by atoms with Crippen LogP contribution in [0, 0.1) is 0 Å². The predicted molar refractivity (Wildman–Crippen MR) is 122 cm³/mol. The number of rotatable bonds is 5. The van der Waals surface area contributed by atoms with Crippen molar-refractivity contribution in [1.29, 1.82) is 0 Å². The fourth-order valence-electron chi connectivity index (χ4n) is 5.42. The van der Waals surface area contributed by atoms with Gasteiger partial charge in [0.2, 0.25) is 5.91 Å². The highest BCUT2D eigenvalue weighted by atomic mass is 28.4. The topological polar surface area (TPSA) is 49.8 Å². The Morgan fingerprint density at radius 2 is 1.53 bits per heavy atom. The normalized spacial score (nSPS) is 24.7. The summed E-state index contributed by atoms with van der Waals surface area (Å²) >= 11 is 0. The molecule has 160 valence electrons. The third-order valence-corrected chi connectivity index (χ3v) is 11.8. The Morgan fingerprint density at radius 1 is 0.967 bits per heavy atom. The van der Waals surface area contributed by atoms with Crippen molar-refractivity contribution in [2.24, 2.45) is 0 Å². The van der Waals surface area contributed by atoms with Crippen LogP contribution in [0.25, 0.3) is 0 Å². The zero-order valence-electron chi connectivity index (χ0n) is 18.3. The van der Waals surface area contributed by atoms with Crippen molar-refractivity contribution in [3.63, 3.8) is 0 Å². The standard InChI is InChI=1S/C25H33NO3Si/c1-25(2,3)30(20-10-6-4-7-11-20,21-12-8-5-9-13-21)29-18-19-14-15-22-23(27)16-17-24(28)26(19)22/h4-13,19,22-23,27H,14-18H2,1-3H3/t19-,22-,23?/m0/s1. The van der Waals surface area contributed by atoms with Gasteiger partial charge in [-0.3, -0.25) is 4.79 Å². The Balaban J connectivity index is 1.70. The molecule has 3 atom stereocenters. The van der Waals surface area contributed by atoms with Crippen molar-refractivity contribution in [2.75, 3.05) is 6.61 Å². The molecule has 1 unspecified atom stereocenters. The number of aliphatic hydroxyl groups is 1. The Bertz CT molecular complexity index is 825. The molecule has 2 aromatic carbocycles. The first-order valence-electron chi connectivity index (χ1n) is 11.1. The van der Waals surface area contributed by atoms with Gasteiger partial charge >= 0.3 is 0 Å². The first kappa shape index (κ1) is 21.3. The van der Waals surface area contributed by atoms with E-state index in [1.54, 1.807) is 0 Å². The number of piperidine rings is 1. The lowest BCUT2D eigenvalue weighted by Gasteiger charge is -2.44. The van der Waals surface area contributed by atoms with Crippen LogP contribution >= 0.6 is 0 Å². The van der Waals surface area contributed by atoms with Gasteiger partial charge in [0.15, 0.2) is 0 Å². The number of hydrogen-bond acceptors (Lipinski definition) is 3. The molecule has 0 saturated carbocycles. The lowest BCUT2D eigenvalue weighted by Crippen LogP contribution is -2.67. The van der Waals surface area contributed by atoms with Gasteiger partial charge in [0.05, 0.1) is 24.8 Å². The summed E-state index contributed by atoms with van der Waals surface area (Å²) in [6.45, 7) is 7.33. The highest BCUT2D eigenvalue weighted by Crippen LogP contribution is 2.38. The highest BCUT2D eigenvalue weighted by Gasteiger charge is 2.51. The van der Waals surface area contributed by atoms with E-state index in [0.717, 1.165) is 12.8 Å². The number of nitrogens with zero attached hydrogens (tertiary/aromatic N) is 1. The minimum Gasteiger partial charge on any atom is -0.405 e. The number of benzene rings is 2. The smallest absolute Gasteiger partial charge is 0.261 e. The second kappa shape index (κ2) is 8.29. The van der Waals surface area contributed by atoms with E-state index in [2.05, 4.69) is 69.3 Å². The largest absolute Gasteiger partial charge is 0.405 e. The highest BCUT2D eigenvalue weighted by molar-refractivity contribution is 6.99. The SMILES string of the molecule is CC(C)(C)[Si](OC[C@@H]1CC[C@H]2C(O)CCC(=O)N12)(c1ccccc1)c1ccccc1. The maximum absolute atomic E-state index is 12.7. The molecule has 2 saturated heterocycles. The molecule has 2 heterocycles. The van der Waals surface area contributed by atoms with Crippen molar-refractivity contribution >= 4 is 24.6 Å². The van der Waals surface area contributed by atoms with Crippen LogP contribution in [0.1, 0.15) is 46.5 Å². The Labute approximate surface area is 181 Å². The summed E-state index contributed by atoms with van der Waals surface area (Å²) in [7, 11) is -2.61. The predicted octanol–water partition coefficient (Wildman–Crippen LogP) is 3.08. The Hall–Kier alpha value is -1.95. The molecule has 2 aromatic rings. The van der Waals surface area contributed by atoms with Crippen molar-refractivity contribution in [3.05, 3.63) is 60.7 Å². The molecule has 2 fully saturated rings. The number of carbonyl (C=O) groups is 1. The van der Waals surface area contributed by atoms with Crippen LogP contribution in [0.4, 0.5) is 0 Å². The van der Waals surface area contributed by atoms with Crippen LogP contribution in [0.5, 0.6) is 0 Å². The van der Waals surface area contributed by atoms with Gasteiger partial charge < -0.3 is 14.4 Å². The maximum atomic E-state index is 12.7. The molecule has 2 aliphatic heterocycles. The molecule has 0 spiro atoms.